The lowest BCUT2D eigenvalue weighted by Crippen LogP contribution is -2.15. The van der Waals surface area contributed by atoms with Crippen LogP contribution in [0.4, 0.5) is 0 Å². The molecule has 1 aromatic rings. The summed E-state index contributed by atoms with van der Waals surface area (Å²) in [6.07, 6.45) is 9.57. The van der Waals surface area contributed by atoms with E-state index in [9.17, 15) is 4.79 Å². The summed E-state index contributed by atoms with van der Waals surface area (Å²) in [4.78, 5) is 12.4. The molecule has 0 spiro atoms. The lowest BCUT2D eigenvalue weighted by atomic mass is 9.86. The summed E-state index contributed by atoms with van der Waals surface area (Å²) in [5.74, 6) is 0.918. The predicted octanol–water partition coefficient (Wildman–Crippen LogP) is 6.15. The van der Waals surface area contributed by atoms with Gasteiger partial charge >= 0.3 is 0 Å². The highest BCUT2D eigenvalue weighted by atomic mass is 79.9. The van der Waals surface area contributed by atoms with Crippen molar-refractivity contribution < 1.29 is 4.79 Å². The molecule has 1 nitrogen and oxygen atoms in total. The largest absolute Gasteiger partial charge is 0.295 e. The molecule has 0 heterocycles. The van der Waals surface area contributed by atoms with E-state index in [4.69, 9.17) is 0 Å². The molecule has 1 aliphatic rings. The molecule has 1 aliphatic carbocycles. The molecule has 0 bridgehead atoms. The first kappa shape index (κ1) is 17.2. The quantitative estimate of drug-likeness (QED) is 0.454. The number of carbonyl (C=O) groups is 1. The third-order valence-corrected chi connectivity index (χ3v) is 5.61. The fourth-order valence-corrected chi connectivity index (χ4v) is 3.29. The summed E-state index contributed by atoms with van der Waals surface area (Å²) in [6.45, 7) is 4.31. The summed E-state index contributed by atoms with van der Waals surface area (Å²) < 4.78 is 1.14. The minimum Gasteiger partial charge on any atom is -0.295 e. The van der Waals surface area contributed by atoms with E-state index in [-0.39, 0.29) is 11.7 Å². The Hall–Kier alpha value is -1.15. The number of carbonyl (C=O) groups excluding carboxylic acids is 1. The summed E-state index contributed by atoms with van der Waals surface area (Å²) >= 11 is 3.71. The summed E-state index contributed by atoms with van der Waals surface area (Å²) in [7, 11) is 0. The van der Waals surface area contributed by atoms with Gasteiger partial charge in [-0.1, -0.05) is 85.4 Å². The summed E-state index contributed by atoms with van der Waals surface area (Å²) in [5, 5.41) is 0. The van der Waals surface area contributed by atoms with Gasteiger partial charge in [-0.2, -0.15) is 0 Å². The second kappa shape index (κ2) is 8.47. The second-order valence-corrected chi connectivity index (χ2v) is 7.21. The number of benzene rings is 1. The van der Waals surface area contributed by atoms with E-state index < -0.39 is 0 Å². The van der Waals surface area contributed by atoms with Crippen LogP contribution < -0.4 is 0 Å². The molecule has 0 saturated heterocycles. The highest BCUT2D eigenvalue weighted by Crippen LogP contribution is 2.30. The Labute approximate surface area is 142 Å². The van der Waals surface area contributed by atoms with Crippen molar-refractivity contribution in [1.29, 1.82) is 0 Å². The van der Waals surface area contributed by atoms with Gasteiger partial charge in [0.2, 0.25) is 0 Å². The molecular formula is C20H25BrO. The van der Waals surface area contributed by atoms with Crippen molar-refractivity contribution >= 4 is 27.3 Å². The van der Waals surface area contributed by atoms with Crippen molar-refractivity contribution in [1.82, 2.24) is 0 Å². The maximum absolute atomic E-state index is 12.4. The van der Waals surface area contributed by atoms with Crippen LogP contribution in [0, 0.1) is 11.8 Å². The minimum atomic E-state index is 0.236. The zero-order valence-electron chi connectivity index (χ0n) is 13.5. The van der Waals surface area contributed by atoms with Gasteiger partial charge in [-0.3, -0.25) is 4.79 Å². The highest BCUT2D eigenvalue weighted by molar-refractivity contribution is 9.11. The lowest BCUT2D eigenvalue weighted by Gasteiger charge is -2.18. The fraction of sp³-hybridized carbons (Fsp3) is 0.450. The Bertz CT molecular complexity index is 548. The molecule has 2 heteroatoms. The third kappa shape index (κ3) is 4.67. The van der Waals surface area contributed by atoms with E-state index in [0.29, 0.717) is 5.92 Å². The number of ketones is 1. The van der Waals surface area contributed by atoms with Crippen LogP contribution in [0.15, 0.2) is 47.0 Å². The van der Waals surface area contributed by atoms with Crippen molar-refractivity contribution in [2.24, 2.45) is 11.8 Å². The van der Waals surface area contributed by atoms with Gasteiger partial charge in [-0.15, -0.1) is 0 Å². The molecule has 0 atom stereocenters. The number of hydrogen-bond donors (Lipinski definition) is 0. The fourth-order valence-electron chi connectivity index (χ4n) is 2.93. The van der Waals surface area contributed by atoms with Crippen LogP contribution >= 0.6 is 15.9 Å². The molecule has 118 valence electrons. The first-order chi connectivity index (χ1) is 10.6. The number of allylic oxidation sites excluding steroid dienone is 4. The van der Waals surface area contributed by atoms with Crippen LogP contribution in [-0.4, -0.2) is 5.78 Å². The Kier molecular flexibility index (Phi) is 6.63. The lowest BCUT2D eigenvalue weighted by molar-refractivity contribution is -0.119. The summed E-state index contributed by atoms with van der Waals surface area (Å²) in [6, 6.07) is 10.3. The zero-order chi connectivity index (χ0) is 15.9. The smallest absolute Gasteiger partial charge is 0.158 e. The predicted molar refractivity (Wildman–Crippen MR) is 97.8 cm³/mol. The van der Waals surface area contributed by atoms with Gasteiger partial charge in [0, 0.05) is 10.4 Å². The molecule has 0 aliphatic heterocycles. The van der Waals surface area contributed by atoms with E-state index in [2.05, 4.69) is 41.9 Å². The first-order valence-electron chi connectivity index (χ1n) is 8.26. The highest BCUT2D eigenvalue weighted by Gasteiger charge is 2.19. The molecule has 1 aromatic carbocycles. The molecule has 0 unspecified atom stereocenters. The van der Waals surface area contributed by atoms with Crippen LogP contribution in [0.1, 0.15) is 51.5 Å². The minimum absolute atomic E-state index is 0.236. The molecule has 1 saturated carbocycles. The Morgan fingerprint density at radius 1 is 1.09 bits per heavy atom. The third-order valence-electron chi connectivity index (χ3n) is 4.27. The number of hydrogen-bond acceptors (Lipinski definition) is 1. The molecular weight excluding hydrogens is 336 g/mol. The van der Waals surface area contributed by atoms with Gasteiger partial charge in [0.1, 0.15) is 0 Å². The first-order valence-corrected chi connectivity index (χ1v) is 9.06. The topological polar surface area (TPSA) is 17.1 Å². The maximum atomic E-state index is 12.4. The normalized spacial score (nSPS) is 17.8. The van der Waals surface area contributed by atoms with Crippen LogP contribution in [0.3, 0.4) is 0 Å². The molecule has 0 aromatic heterocycles. The SMILES string of the molecule is CC(C)/C(Br)=C(/C=C/C(=O)C1CCCCC1)c1ccccc1. The van der Waals surface area contributed by atoms with Crippen LogP contribution in [0.25, 0.3) is 5.57 Å². The summed E-state index contributed by atoms with van der Waals surface area (Å²) in [5.41, 5.74) is 2.26. The van der Waals surface area contributed by atoms with Gasteiger partial charge in [0.05, 0.1) is 0 Å². The molecule has 0 radical (unpaired) electrons. The van der Waals surface area contributed by atoms with Gasteiger partial charge in [0.25, 0.3) is 0 Å². The van der Waals surface area contributed by atoms with E-state index >= 15 is 0 Å². The Balaban J connectivity index is 2.22. The van der Waals surface area contributed by atoms with Gasteiger partial charge in [-0.25, -0.2) is 0 Å². The van der Waals surface area contributed by atoms with Gasteiger partial charge in [0.15, 0.2) is 5.78 Å². The van der Waals surface area contributed by atoms with Crippen LogP contribution in [0.5, 0.6) is 0 Å². The monoisotopic (exact) mass is 360 g/mol. The molecule has 2 rings (SSSR count). The second-order valence-electron chi connectivity index (χ2n) is 6.35. The number of rotatable bonds is 5. The molecule has 0 N–H and O–H groups in total. The average Bonchev–Trinajstić information content (AvgIpc) is 2.56. The van der Waals surface area contributed by atoms with E-state index in [1.807, 2.05) is 24.3 Å². The van der Waals surface area contributed by atoms with E-state index in [1.165, 1.54) is 19.3 Å². The molecule has 1 fully saturated rings. The Morgan fingerprint density at radius 2 is 1.73 bits per heavy atom. The van der Waals surface area contributed by atoms with Gasteiger partial charge in [-0.05, 0) is 36.0 Å². The zero-order valence-corrected chi connectivity index (χ0v) is 15.1. The molecule has 22 heavy (non-hydrogen) atoms. The molecule has 0 amide bonds. The van der Waals surface area contributed by atoms with Crippen LogP contribution in [0.2, 0.25) is 0 Å². The van der Waals surface area contributed by atoms with Crippen LogP contribution in [-0.2, 0) is 4.79 Å². The maximum Gasteiger partial charge on any atom is 0.158 e. The standard InChI is InChI=1S/C20H25BrO/c1-15(2)20(21)18(16-9-5-3-6-10-16)13-14-19(22)17-11-7-4-8-12-17/h3,5-6,9-10,13-15,17H,4,7-8,11-12H2,1-2H3/b14-13+,20-18+. The van der Waals surface area contributed by atoms with Crippen molar-refractivity contribution in [3.8, 4) is 0 Å². The van der Waals surface area contributed by atoms with E-state index in [1.54, 1.807) is 6.08 Å². The number of halogens is 1. The van der Waals surface area contributed by atoms with E-state index in [0.717, 1.165) is 28.5 Å². The van der Waals surface area contributed by atoms with Crippen molar-refractivity contribution in [3.05, 3.63) is 52.5 Å². The van der Waals surface area contributed by atoms with Crippen molar-refractivity contribution in [2.75, 3.05) is 0 Å². The van der Waals surface area contributed by atoms with Gasteiger partial charge < -0.3 is 0 Å². The van der Waals surface area contributed by atoms with Crippen molar-refractivity contribution in [3.63, 3.8) is 0 Å². The van der Waals surface area contributed by atoms with Crippen molar-refractivity contribution in [2.45, 2.75) is 46.0 Å². The average molecular weight is 361 g/mol. The Morgan fingerprint density at radius 3 is 2.32 bits per heavy atom.